The summed E-state index contributed by atoms with van der Waals surface area (Å²) < 4.78 is 5.43. The van der Waals surface area contributed by atoms with Gasteiger partial charge >= 0.3 is 0 Å². The highest BCUT2D eigenvalue weighted by Crippen LogP contribution is 2.30. The van der Waals surface area contributed by atoms with Crippen molar-refractivity contribution in [2.24, 2.45) is 0 Å². The molecule has 0 N–H and O–H groups in total. The van der Waals surface area contributed by atoms with Crippen molar-refractivity contribution >= 4 is 24.2 Å². The van der Waals surface area contributed by atoms with Gasteiger partial charge in [0.1, 0.15) is 12.4 Å². The van der Waals surface area contributed by atoms with E-state index in [-0.39, 0.29) is 11.7 Å². The van der Waals surface area contributed by atoms with Crippen LogP contribution in [0.4, 0.5) is 5.69 Å². The molecule has 0 bridgehead atoms. The van der Waals surface area contributed by atoms with E-state index in [1.807, 2.05) is 24.3 Å². The number of para-hydroxylation sites is 2. The average Bonchev–Trinajstić information content (AvgIpc) is 2.27. The van der Waals surface area contributed by atoms with E-state index in [4.69, 9.17) is 4.74 Å². The van der Waals surface area contributed by atoms with Crippen molar-refractivity contribution in [1.29, 1.82) is 0 Å². The van der Waals surface area contributed by atoms with Crippen molar-refractivity contribution < 1.29 is 9.53 Å². The highest BCUT2D eigenvalue weighted by molar-refractivity contribution is 7.81. The summed E-state index contributed by atoms with van der Waals surface area (Å²) in [5.41, 5.74) is 0.845. The summed E-state index contributed by atoms with van der Waals surface area (Å²) in [5.74, 6) is 1.02. The molecule has 0 atom stereocenters. The number of hydrogen-bond acceptors (Lipinski definition) is 3. The zero-order chi connectivity index (χ0) is 9.97. The fourth-order valence-electron chi connectivity index (χ4n) is 1.51. The van der Waals surface area contributed by atoms with Crippen LogP contribution in [0.1, 0.15) is 0 Å². The molecule has 0 unspecified atom stereocenters. The zero-order valence-corrected chi connectivity index (χ0v) is 8.54. The Kier molecular flexibility index (Phi) is 2.63. The highest BCUT2D eigenvalue weighted by atomic mass is 32.1. The van der Waals surface area contributed by atoms with Crippen molar-refractivity contribution in [2.75, 3.05) is 23.8 Å². The Labute approximate surface area is 88.1 Å². The van der Waals surface area contributed by atoms with Crippen molar-refractivity contribution in [2.45, 2.75) is 0 Å². The summed E-state index contributed by atoms with van der Waals surface area (Å²) in [5, 5.41) is 0. The van der Waals surface area contributed by atoms with E-state index in [1.54, 1.807) is 4.90 Å². The lowest BCUT2D eigenvalue weighted by atomic mass is 10.2. The minimum absolute atomic E-state index is 0.0177. The largest absolute Gasteiger partial charge is 0.490 e. The molecule has 1 aliphatic rings. The van der Waals surface area contributed by atoms with Crippen LogP contribution in [0.2, 0.25) is 0 Å². The first-order valence-electron chi connectivity index (χ1n) is 4.46. The molecular weight excluding hydrogens is 198 g/mol. The van der Waals surface area contributed by atoms with Crippen molar-refractivity contribution in [1.82, 2.24) is 0 Å². The summed E-state index contributed by atoms with van der Waals surface area (Å²) in [6.07, 6.45) is 0. The van der Waals surface area contributed by atoms with Gasteiger partial charge in [-0.05, 0) is 12.1 Å². The number of anilines is 1. The number of nitrogens with zero attached hydrogens (tertiary/aromatic N) is 1. The molecule has 0 aromatic heterocycles. The molecule has 0 saturated heterocycles. The van der Waals surface area contributed by atoms with Gasteiger partial charge in [-0.2, -0.15) is 12.6 Å². The molecule has 2 rings (SSSR count). The van der Waals surface area contributed by atoms with Gasteiger partial charge in [-0.1, -0.05) is 12.1 Å². The molecule has 0 spiro atoms. The Hall–Kier alpha value is -1.16. The molecule has 1 aromatic carbocycles. The maximum Gasteiger partial charge on any atom is 0.236 e. The van der Waals surface area contributed by atoms with Gasteiger partial charge in [0.25, 0.3) is 0 Å². The lowest BCUT2D eigenvalue weighted by Gasteiger charge is -2.28. The monoisotopic (exact) mass is 209 g/mol. The van der Waals surface area contributed by atoms with Crippen LogP contribution in [0.25, 0.3) is 0 Å². The molecule has 1 aliphatic heterocycles. The number of hydrogen-bond donors (Lipinski definition) is 1. The van der Waals surface area contributed by atoms with E-state index < -0.39 is 0 Å². The van der Waals surface area contributed by atoms with Crippen molar-refractivity contribution in [3.8, 4) is 5.75 Å². The summed E-state index contributed by atoms with van der Waals surface area (Å²) in [4.78, 5) is 13.2. The Bertz CT molecular complexity index is 354. The number of carbonyl (C=O) groups excluding carboxylic acids is 1. The van der Waals surface area contributed by atoms with E-state index in [2.05, 4.69) is 12.6 Å². The minimum Gasteiger partial charge on any atom is -0.490 e. The smallest absolute Gasteiger partial charge is 0.236 e. The number of amides is 1. The van der Waals surface area contributed by atoms with Crippen LogP contribution in [-0.4, -0.2) is 24.8 Å². The minimum atomic E-state index is 0.0177. The molecule has 1 heterocycles. The molecule has 3 nitrogen and oxygen atoms in total. The number of ether oxygens (including phenoxy) is 1. The Morgan fingerprint density at radius 2 is 2.29 bits per heavy atom. The number of benzene rings is 1. The number of thiol groups is 1. The van der Waals surface area contributed by atoms with Gasteiger partial charge in [-0.3, -0.25) is 4.79 Å². The molecule has 74 valence electrons. The van der Waals surface area contributed by atoms with Crippen LogP contribution >= 0.6 is 12.6 Å². The molecule has 4 heteroatoms. The first-order chi connectivity index (χ1) is 6.83. The van der Waals surface area contributed by atoms with Gasteiger partial charge in [0, 0.05) is 0 Å². The maximum atomic E-state index is 11.5. The summed E-state index contributed by atoms with van der Waals surface area (Å²) in [6.45, 7) is 1.16. The number of rotatable bonds is 1. The second-order valence-electron chi connectivity index (χ2n) is 3.02. The standard InChI is InChI=1S/C10H11NO2S/c12-10(7-14)11-5-6-13-9-4-2-1-3-8(9)11/h1-4,14H,5-7H2. The third-order valence-electron chi connectivity index (χ3n) is 2.16. The predicted octanol–water partition coefficient (Wildman–Crippen LogP) is 1.34. The first kappa shape index (κ1) is 9.40. The van der Waals surface area contributed by atoms with Crippen molar-refractivity contribution in [3.05, 3.63) is 24.3 Å². The van der Waals surface area contributed by atoms with Gasteiger partial charge in [0.15, 0.2) is 0 Å². The van der Waals surface area contributed by atoms with E-state index >= 15 is 0 Å². The first-order valence-corrected chi connectivity index (χ1v) is 5.09. The second kappa shape index (κ2) is 3.92. The molecule has 1 amide bonds. The van der Waals surface area contributed by atoms with Gasteiger partial charge in [0.05, 0.1) is 18.0 Å². The van der Waals surface area contributed by atoms with Gasteiger partial charge in [0.2, 0.25) is 5.91 Å². The van der Waals surface area contributed by atoms with Crippen molar-refractivity contribution in [3.63, 3.8) is 0 Å². The molecular formula is C10H11NO2S. The van der Waals surface area contributed by atoms with Crippen LogP contribution < -0.4 is 9.64 Å². The third kappa shape index (κ3) is 1.57. The average molecular weight is 209 g/mol. The fourth-order valence-corrected chi connectivity index (χ4v) is 1.68. The van der Waals surface area contributed by atoms with E-state index in [0.717, 1.165) is 11.4 Å². The van der Waals surface area contributed by atoms with Crippen LogP contribution in [0.15, 0.2) is 24.3 Å². The second-order valence-corrected chi connectivity index (χ2v) is 3.34. The van der Waals surface area contributed by atoms with Crippen LogP contribution in [0, 0.1) is 0 Å². The lowest BCUT2D eigenvalue weighted by molar-refractivity contribution is -0.116. The summed E-state index contributed by atoms with van der Waals surface area (Å²) >= 11 is 3.99. The van der Waals surface area contributed by atoms with Crippen LogP contribution in [0.5, 0.6) is 5.75 Å². The number of carbonyl (C=O) groups is 1. The van der Waals surface area contributed by atoms with Gasteiger partial charge in [-0.25, -0.2) is 0 Å². The van der Waals surface area contributed by atoms with E-state index in [9.17, 15) is 4.79 Å². The predicted molar refractivity (Wildman–Crippen MR) is 58.1 cm³/mol. The summed E-state index contributed by atoms with van der Waals surface area (Å²) in [7, 11) is 0. The maximum absolute atomic E-state index is 11.5. The molecule has 1 aromatic rings. The zero-order valence-electron chi connectivity index (χ0n) is 7.64. The Balaban J connectivity index is 2.35. The van der Waals surface area contributed by atoms with E-state index in [0.29, 0.717) is 13.2 Å². The summed E-state index contributed by atoms with van der Waals surface area (Å²) in [6, 6.07) is 7.54. The molecule has 14 heavy (non-hydrogen) atoms. The van der Waals surface area contributed by atoms with Gasteiger partial charge < -0.3 is 9.64 Å². The topological polar surface area (TPSA) is 29.5 Å². The van der Waals surface area contributed by atoms with E-state index in [1.165, 1.54) is 0 Å². The number of fused-ring (bicyclic) bond motifs is 1. The molecule has 0 aliphatic carbocycles. The fraction of sp³-hybridized carbons (Fsp3) is 0.300. The third-order valence-corrected chi connectivity index (χ3v) is 2.44. The Morgan fingerprint density at radius 3 is 3.07 bits per heavy atom. The van der Waals surface area contributed by atoms with Crippen LogP contribution in [0.3, 0.4) is 0 Å². The van der Waals surface area contributed by atoms with Crippen LogP contribution in [-0.2, 0) is 4.79 Å². The Morgan fingerprint density at radius 1 is 1.50 bits per heavy atom. The quantitative estimate of drug-likeness (QED) is 0.707. The molecule has 0 saturated carbocycles. The highest BCUT2D eigenvalue weighted by Gasteiger charge is 2.21. The molecule has 0 fully saturated rings. The van der Waals surface area contributed by atoms with Gasteiger partial charge in [-0.15, -0.1) is 0 Å². The SMILES string of the molecule is O=C(CS)N1CCOc2ccccc21. The lowest BCUT2D eigenvalue weighted by Crippen LogP contribution is -2.38. The molecule has 0 radical (unpaired) electrons. The normalized spacial score (nSPS) is 14.5.